The lowest BCUT2D eigenvalue weighted by molar-refractivity contribution is 0.132. The summed E-state index contributed by atoms with van der Waals surface area (Å²) in [7, 11) is 1.70. The molecule has 1 aliphatic rings. The van der Waals surface area contributed by atoms with Crippen LogP contribution in [-0.4, -0.2) is 18.3 Å². The molecule has 1 aromatic carbocycles. The van der Waals surface area contributed by atoms with Crippen molar-refractivity contribution in [2.45, 2.75) is 31.8 Å². The highest BCUT2D eigenvalue weighted by Gasteiger charge is 2.25. The number of aliphatic hydroxyl groups excluding tert-OH is 1. The van der Waals surface area contributed by atoms with Crippen LogP contribution in [0.5, 0.6) is 5.75 Å². The van der Waals surface area contributed by atoms with E-state index in [9.17, 15) is 5.11 Å². The van der Waals surface area contributed by atoms with E-state index in [1.165, 1.54) is 11.1 Å². The van der Waals surface area contributed by atoms with Gasteiger partial charge in [-0.15, -0.1) is 0 Å². The molecule has 0 aromatic heterocycles. The fourth-order valence-corrected chi connectivity index (χ4v) is 2.22. The summed E-state index contributed by atoms with van der Waals surface area (Å²) < 4.78 is 5.31. The van der Waals surface area contributed by atoms with Gasteiger partial charge in [0.15, 0.2) is 0 Å². The molecular formula is C12H16O2. The summed E-state index contributed by atoms with van der Waals surface area (Å²) in [6, 6.07) is 6.07. The van der Waals surface area contributed by atoms with Gasteiger partial charge in [0.1, 0.15) is 5.75 Å². The molecule has 0 bridgehead atoms. The third-order valence-corrected chi connectivity index (χ3v) is 3.15. The van der Waals surface area contributed by atoms with E-state index in [1.807, 2.05) is 12.1 Å². The second kappa shape index (κ2) is 3.62. The molecular weight excluding hydrogens is 176 g/mol. The van der Waals surface area contributed by atoms with Gasteiger partial charge in [0.2, 0.25) is 0 Å². The van der Waals surface area contributed by atoms with Gasteiger partial charge in [0.05, 0.1) is 13.2 Å². The van der Waals surface area contributed by atoms with E-state index in [-0.39, 0.29) is 12.0 Å². The van der Waals surface area contributed by atoms with Crippen LogP contribution < -0.4 is 4.74 Å². The molecule has 0 saturated carbocycles. The Morgan fingerprint density at radius 1 is 1.43 bits per heavy atom. The van der Waals surface area contributed by atoms with Crippen LogP contribution in [0.2, 0.25) is 0 Å². The lowest BCUT2D eigenvalue weighted by atomic mass is 9.81. The number of fused-ring (bicyclic) bond motifs is 1. The van der Waals surface area contributed by atoms with E-state index in [2.05, 4.69) is 13.0 Å². The standard InChI is InChI=1S/C12H16O2/c1-8-9-4-3-5-12(14-2)10(9)6-7-11(8)13/h3-5,8,11,13H,6-7H2,1-2H3/t8-,11-/m0/s1. The highest BCUT2D eigenvalue weighted by atomic mass is 16.5. The zero-order valence-electron chi connectivity index (χ0n) is 8.66. The predicted molar refractivity (Wildman–Crippen MR) is 55.7 cm³/mol. The SMILES string of the molecule is COc1cccc2c1CC[C@H](O)[C@H]2C. The van der Waals surface area contributed by atoms with Crippen LogP contribution in [0.1, 0.15) is 30.4 Å². The third kappa shape index (κ3) is 1.40. The second-order valence-electron chi connectivity index (χ2n) is 3.92. The smallest absolute Gasteiger partial charge is 0.122 e. The van der Waals surface area contributed by atoms with Crippen LogP contribution in [-0.2, 0) is 6.42 Å². The lowest BCUT2D eigenvalue weighted by Crippen LogP contribution is -2.23. The zero-order chi connectivity index (χ0) is 10.1. The molecule has 76 valence electrons. The van der Waals surface area contributed by atoms with Gasteiger partial charge in [-0.25, -0.2) is 0 Å². The number of ether oxygens (including phenoxy) is 1. The molecule has 0 unspecified atom stereocenters. The van der Waals surface area contributed by atoms with Gasteiger partial charge < -0.3 is 9.84 Å². The van der Waals surface area contributed by atoms with Gasteiger partial charge in [0.25, 0.3) is 0 Å². The van der Waals surface area contributed by atoms with Crippen LogP contribution in [0.25, 0.3) is 0 Å². The maximum absolute atomic E-state index is 9.75. The summed E-state index contributed by atoms with van der Waals surface area (Å²) in [6.07, 6.45) is 1.56. The molecule has 1 aromatic rings. The van der Waals surface area contributed by atoms with E-state index in [4.69, 9.17) is 4.74 Å². The molecule has 1 N–H and O–H groups in total. The number of hydrogen-bond acceptors (Lipinski definition) is 2. The van der Waals surface area contributed by atoms with E-state index < -0.39 is 0 Å². The summed E-state index contributed by atoms with van der Waals surface area (Å²) >= 11 is 0. The summed E-state index contributed by atoms with van der Waals surface area (Å²) in [5, 5.41) is 9.75. The van der Waals surface area contributed by atoms with Gasteiger partial charge >= 0.3 is 0 Å². The molecule has 0 radical (unpaired) electrons. The molecule has 2 heteroatoms. The highest BCUT2D eigenvalue weighted by Crippen LogP contribution is 2.36. The van der Waals surface area contributed by atoms with Gasteiger partial charge in [-0.3, -0.25) is 0 Å². The first kappa shape index (κ1) is 9.53. The minimum atomic E-state index is -0.199. The maximum atomic E-state index is 9.75. The first-order valence-electron chi connectivity index (χ1n) is 5.08. The van der Waals surface area contributed by atoms with Crippen molar-refractivity contribution in [3.8, 4) is 5.75 Å². The molecule has 14 heavy (non-hydrogen) atoms. The summed E-state index contributed by atoms with van der Waals surface area (Å²) in [5.41, 5.74) is 2.51. The van der Waals surface area contributed by atoms with E-state index in [0.29, 0.717) is 0 Å². The van der Waals surface area contributed by atoms with Crippen LogP contribution in [0.3, 0.4) is 0 Å². The van der Waals surface area contributed by atoms with E-state index in [0.717, 1.165) is 18.6 Å². The fourth-order valence-electron chi connectivity index (χ4n) is 2.22. The monoisotopic (exact) mass is 192 g/mol. The van der Waals surface area contributed by atoms with Gasteiger partial charge in [-0.05, 0) is 30.0 Å². The summed E-state index contributed by atoms with van der Waals surface area (Å²) in [4.78, 5) is 0. The van der Waals surface area contributed by atoms with Crippen molar-refractivity contribution >= 4 is 0 Å². The fraction of sp³-hybridized carbons (Fsp3) is 0.500. The Hall–Kier alpha value is -1.02. The average Bonchev–Trinajstić information content (AvgIpc) is 2.23. The molecule has 2 nitrogen and oxygen atoms in total. The Morgan fingerprint density at radius 2 is 2.21 bits per heavy atom. The summed E-state index contributed by atoms with van der Waals surface area (Å²) in [5.74, 6) is 1.19. The minimum Gasteiger partial charge on any atom is -0.496 e. The topological polar surface area (TPSA) is 29.5 Å². The Labute approximate surface area is 84.5 Å². The van der Waals surface area contributed by atoms with Gasteiger partial charge in [0, 0.05) is 5.92 Å². The maximum Gasteiger partial charge on any atom is 0.122 e. The van der Waals surface area contributed by atoms with Crippen LogP contribution >= 0.6 is 0 Å². The minimum absolute atomic E-state index is 0.199. The number of hydrogen-bond donors (Lipinski definition) is 1. The normalized spacial score (nSPS) is 25.6. The Kier molecular flexibility index (Phi) is 2.46. The second-order valence-corrected chi connectivity index (χ2v) is 3.92. The molecule has 2 atom stereocenters. The molecule has 0 heterocycles. The van der Waals surface area contributed by atoms with Crippen molar-refractivity contribution in [3.05, 3.63) is 29.3 Å². The molecule has 0 aliphatic heterocycles. The Balaban J connectivity index is 2.47. The van der Waals surface area contributed by atoms with Crippen LogP contribution in [0.4, 0.5) is 0 Å². The Morgan fingerprint density at radius 3 is 2.93 bits per heavy atom. The van der Waals surface area contributed by atoms with Crippen LogP contribution in [0.15, 0.2) is 18.2 Å². The third-order valence-electron chi connectivity index (χ3n) is 3.15. The number of aliphatic hydroxyl groups is 1. The predicted octanol–water partition coefficient (Wildman–Crippen LogP) is 2.11. The van der Waals surface area contributed by atoms with Crippen molar-refractivity contribution in [2.24, 2.45) is 0 Å². The lowest BCUT2D eigenvalue weighted by Gasteiger charge is -2.28. The number of methoxy groups -OCH3 is 1. The number of benzene rings is 1. The van der Waals surface area contributed by atoms with Crippen molar-refractivity contribution in [1.82, 2.24) is 0 Å². The quantitative estimate of drug-likeness (QED) is 0.738. The van der Waals surface area contributed by atoms with Crippen molar-refractivity contribution in [3.63, 3.8) is 0 Å². The molecule has 0 saturated heterocycles. The average molecular weight is 192 g/mol. The van der Waals surface area contributed by atoms with Crippen molar-refractivity contribution < 1.29 is 9.84 Å². The van der Waals surface area contributed by atoms with E-state index in [1.54, 1.807) is 7.11 Å². The first-order chi connectivity index (χ1) is 6.74. The van der Waals surface area contributed by atoms with Gasteiger partial charge in [-0.2, -0.15) is 0 Å². The van der Waals surface area contributed by atoms with E-state index >= 15 is 0 Å². The van der Waals surface area contributed by atoms with Crippen LogP contribution in [0, 0.1) is 0 Å². The van der Waals surface area contributed by atoms with Gasteiger partial charge in [-0.1, -0.05) is 19.1 Å². The Bertz CT molecular complexity index is 333. The van der Waals surface area contributed by atoms with Crippen molar-refractivity contribution in [1.29, 1.82) is 0 Å². The molecule has 1 aliphatic carbocycles. The van der Waals surface area contributed by atoms with Crippen molar-refractivity contribution in [2.75, 3.05) is 7.11 Å². The largest absolute Gasteiger partial charge is 0.496 e. The first-order valence-corrected chi connectivity index (χ1v) is 5.08. The number of rotatable bonds is 1. The molecule has 0 amide bonds. The molecule has 2 rings (SSSR count). The zero-order valence-corrected chi connectivity index (χ0v) is 8.66. The summed E-state index contributed by atoms with van der Waals surface area (Å²) in [6.45, 7) is 2.07. The molecule has 0 fully saturated rings. The highest BCUT2D eigenvalue weighted by molar-refractivity contribution is 5.44. The molecule has 0 spiro atoms.